The summed E-state index contributed by atoms with van der Waals surface area (Å²) >= 11 is 1.46. The maximum atomic E-state index is 14.7. The van der Waals surface area contributed by atoms with E-state index in [1.165, 1.54) is 22.3 Å². The van der Waals surface area contributed by atoms with E-state index in [1.807, 2.05) is 47.9 Å². The Kier molecular flexibility index (Phi) is 11.7. The van der Waals surface area contributed by atoms with Crippen LogP contribution in [0.5, 0.6) is 5.88 Å². The van der Waals surface area contributed by atoms with Crippen molar-refractivity contribution in [2.75, 3.05) is 6.54 Å². The van der Waals surface area contributed by atoms with Gasteiger partial charge in [0.05, 0.1) is 27.4 Å². The number of amides is 4. The molecule has 2 saturated carbocycles. The zero-order valence-electron chi connectivity index (χ0n) is 32.2. The Balaban J connectivity index is 1.11. The molecule has 4 aromatic rings. The van der Waals surface area contributed by atoms with Crippen LogP contribution in [-0.2, 0) is 29.1 Å². The van der Waals surface area contributed by atoms with E-state index in [-0.39, 0.29) is 31.4 Å². The van der Waals surface area contributed by atoms with Crippen molar-refractivity contribution in [1.82, 2.24) is 30.2 Å². The highest BCUT2D eigenvalue weighted by Crippen LogP contribution is 2.46. The normalized spacial score (nSPS) is 25.8. The molecule has 4 heterocycles. The summed E-state index contributed by atoms with van der Waals surface area (Å²) in [5.41, 5.74) is 0.0615. The first-order chi connectivity index (χ1) is 28.5. The van der Waals surface area contributed by atoms with E-state index >= 15 is 0 Å². The number of rotatable bonds is 8. The Bertz CT molecular complexity index is 2370. The highest BCUT2D eigenvalue weighted by molar-refractivity contribution is 7.90. The molecule has 310 valence electrons. The molecule has 3 N–H and O–H groups in total. The molecule has 4 amide bonds. The summed E-state index contributed by atoms with van der Waals surface area (Å²) in [7, 11) is -4.53. The molecule has 2 aromatic carbocycles. The Morgan fingerprint density at radius 3 is 2.47 bits per heavy atom. The summed E-state index contributed by atoms with van der Waals surface area (Å²) in [5.74, 6) is -3.35. The zero-order chi connectivity index (χ0) is 41.1. The van der Waals surface area contributed by atoms with Crippen molar-refractivity contribution in [3.05, 3.63) is 84.0 Å². The average Bonchev–Trinajstić information content (AvgIpc) is 3.71. The van der Waals surface area contributed by atoms with Gasteiger partial charge in [0, 0.05) is 12.3 Å². The second-order valence-corrected chi connectivity index (χ2v) is 18.2. The van der Waals surface area contributed by atoms with E-state index in [0.717, 1.165) is 61.6 Å². The Hall–Kier alpha value is -5.42. The lowest BCUT2D eigenvalue weighted by atomic mass is 10.0. The maximum Gasteiger partial charge on any atom is 0.408 e. The molecule has 8 rings (SSSR count). The summed E-state index contributed by atoms with van der Waals surface area (Å²) in [5, 5.41) is 7.54. The molecule has 0 spiro atoms. The maximum absolute atomic E-state index is 14.7. The molecule has 4 aliphatic rings. The number of allylic oxidation sites excluding steroid dienone is 1. The van der Waals surface area contributed by atoms with Gasteiger partial charge in [-0.15, -0.1) is 11.3 Å². The fraction of sp³-hybridized carbons (Fsp3) is 0.429. The monoisotopic (exact) mass is 844 g/mol. The quantitative estimate of drug-likeness (QED) is 0.184. The van der Waals surface area contributed by atoms with Crippen molar-refractivity contribution >= 4 is 56.2 Å². The van der Waals surface area contributed by atoms with Crippen molar-refractivity contribution in [2.24, 2.45) is 5.92 Å². The number of para-hydroxylation sites is 2. The molecule has 1 unspecified atom stereocenters. The first kappa shape index (κ1) is 40.4. The number of aromatic nitrogens is 2. The number of thiophene rings is 1. The van der Waals surface area contributed by atoms with Crippen LogP contribution in [0, 0.1) is 11.7 Å². The van der Waals surface area contributed by atoms with Gasteiger partial charge < -0.3 is 25.0 Å². The first-order valence-corrected chi connectivity index (χ1v) is 22.4. The number of carbonyl (C=O) groups excluding carboxylic acids is 4. The van der Waals surface area contributed by atoms with Gasteiger partial charge in [-0.3, -0.25) is 14.4 Å². The highest BCUT2D eigenvalue weighted by Gasteiger charge is 2.61. The van der Waals surface area contributed by atoms with Crippen LogP contribution in [0.1, 0.15) is 70.6 Å². The molecule has 5 atom stereocenters. The molecule has 17 heteroatoms. The lowest BCUT2D eigenvalue weighted by molar-refractivity contribution is -0.141. The van der Waals surface area contributed by atoms with E-state index in [2.05, 4.69) is 15.4 Å². The minimum absolute atomic E-state index is 0.0189. The molecule has 1 saturated heterocycles. The first-order valence-electron chi connectivity index (χ1n) is 20.1. The fourth-order valence-electron chi connectivity index (χ4n) is 8.20. The Morgan fingerprint density at radius 2 is 1.71 bits per heavy atom. The van der Waals surface area contributed by atoms with Crippen LogP contribution < -0.4 is 20.1 Å². The second-order valence-electron chi connectivity index (χ2n) is 15.6. The number of benzene rings is 2. The molecule has 0 radical (unpaired) electrons. The number of ether oxygens (including phenoxy) is 2. The van der Waals surface area contributed by atoms with E-state index in [9.17, 15) is 32.0 Å². The van der Waals surface area contributed by atoms with E-state index in [1.54, 1.807) is 6.08 Å². The summed E-state index contributed by atoms with van der Waals surface area (Å²) in [6.07, 6.45) is 8.47. The third-order valence-corrected chi connectivity index (χ3v) is 13.6. The third-order valence-electron chi connectivity index (χ3n) is 11.4. The van der Waals surface area contributed by atoms with Crippen LogP contribution in [0.3, 0.4) is 0 Å². The standard InChI is InChI=1S/C42H45FN6O8S2/c43-27-13-10-16-30(22-27)59(54,55)48-40(52)42-24-26(42)12-4-2-1-3-5-19-33(46-41(53)57-28-14-6-7-15-28)39(51)49-25-29(23-34(49)37(50)47-42)56-38-36(35-20-11-21-58-35)44-31-17-8-9-18-32(31)45-38/h4,8-13,16-18,20-22,26,28-29,33-34H,1-3,5-7,14-15,19,23-25H2,(H,46,53)(H,47,50)(H,48,52)/b12-4+/t26?,29-,33-,34+,42-/m1/s1. The molecule has 2 aromatic heterocycles. The number of carbonyl (C=O) groups is 4. The van der Waals surface area contributed by atoms with Gasteiger partial charge in [0.1, 0.15) is 41.3 Å². The van der Waals surface area contributed by atoms with Crippen molar-refractivity contribution in [3.63, 3.8) is 0 Å². The number of hydrogen-bond donors (Lipinski definition) is 3. The van der Waals surface area contributed by atoms with Gasteiger partial charge >= 0.3 is 6.09 Å². The second kappa shape index (κ2) is 17.0. The van der Waals surface area contributed by atoms with Crippen molar-refractivity contribution in [2.45, 2.75) is 105 Å². The third kappa shape index (κ3) is 8.95. The number of fused-ring (bicyclic) bond motifs is 3. The number of halogens is 1. The molecule has 2 aliphatic carbocycles. The lowest BCUT2D eigenvalue weighted by Gasteiger charge is -2.30. The summed E-state index contributed by atoms with van der Waals surface area (Å²) in [6, 6.07) is 13.2. The number of nitrogens with one attached hydrogen (secondary N) is 3. The van der Waals surface area contributed by atoms with E-state index < -0.39 is 74.2 Å². The average molecular weight is 845 g/mol. The van der Waals surface area contributed by atoms with Gasteiger partial charge in [-0.05, 0) is 93.1 Å². The Labute approximate surface area is 345 Å². The van der Waals surface area contributed by atoms with Crippen LogP contribution in [0.2, 0.25) is 0 Å². The Morgan fingerprint density at radius 1 is 0.932 bits per heavy atom. The molecule has 3 fully saturated rings. The molecule has 59 heavy (non-hydrogen) atoms. The van der Waals surface area contributed by atoms with Crippen LogP contribution in [0.25, 0.3) is 21.6 Å². The largest absolute Gasteiger partial charge is 0.471 e. The highest BCUT2D eigenvalue weighted by atomic mass is 32.2. The number of hydrogen-bond acceptors (Lipinski definition) is 11. The van der Waals surface area contributed by atoms with E-state index in [0.29, 0.717) is 36.0 Å². The van der Waals surface area contributed by atoms with Gasteiger partial charge in [-0.2, -0.15) is 0 Å². The molecule has 2 aliphatic heterocycles. The van der Waals surface area contributed by atoms with Crippen LogP contribution in [0.15, 0.2) is 83.1 Å². The van der Waals surface area contributed by atoms with Gasteiger partial charge in [0.25, 0.3) is 15.9 Å². The minimum atomic E-state index is -4.53. The van der Waals surface area contributed by atoms with Crippen LogP contribution in [-0.4, -0.2) is 83.5 Å². The van der Waals surface area contributed by atoms with Crippen LogP contribution in [0.4, 0.5) is 9.18 Å². The van der Waals surface area contributed by atoms with E-state index in [4.69, 9.17) is 19.4 Å². The molecular formula is C42H45FN6O8S2. The molecular weight excluding hydrogens is 800 g/mol. The van der Waals surface area contributed by atoms with Gasteiger partial charge in [0.15, 0.2) is 0 Å². The number of nitrogens with zero attached hydrogens (tertiary/aromatic N) is 3. The summed E-state index contributed by atoms with van der Waals surface area (Å²) < 4.78 is 54.9. The van der Waals surface area contributed by atoms with Crippen molar-refractivity contribution < 1.29 is 41.5 Å². The van der Waals surface area contributed by atoms with Gasteiger partial charge in [-0.1, -0.05) is 49.3 Å². The number of alkyl carbamates (subject to hydrolysis) is 1. The van der Waals surface area contributed by atoms with Crippen LogP contribution >= 0.6 is 11.3 Å². The number of sulfonamides is 1. The summed E-state index contributed by atoms with van der Waals surface area (Å²) in [4.78, 5) is 67.8. The smallest absolute Gasteiger partial charge is 0.408 e. The van der Waals surface area contributed by atoms with Crippen molar-refractivity contribution in [3.8, 4) is 16.5 Å². The fourth-order valence-corrected chi connectivity index (χ4v) is 9.98. The molecule has 14 nitrogen and oxygen atoms in total. The predicted octanol–water partition coefficient (Wildman–Crippen LogP) is 5.78. The zero-order valence-corrected chi connectivity index (χ0v) is 33.8. The van der Waals surface area contributed by atoms with Crippen molar-refractivity contribution in [1.29, 1.82) is 0 Å². The van der Waals surface area contributed by atoms with Gasteiger partial charge in [-0.25, -0.2) is 32.3 Å². The SMILES string of the molecule is O=C(N[C@@H]1CCCCC/C=C/C2C[C@@]2(C(=O)NS(=O)(=O)c2cccc(F)c2)NC(=O)[C@@H]2C[C@@H](Oc3nc4ccccc4nc3-c3cccs3)CN2C1=O)OC1CCCC1. The molecule has 0 bridgehead atoms. The topological polar surface area (TPSA) is 186 Å². The predicted molar refractivity (Wildman–Crippen MR) is 216 cm³/mol. The lowest BCUT2D eigenvalue weighted by Crippen LogP contribution is -2.58. The summed E-state index contributed by atoms with van der Waals surface area (Å²) in [6.45, 7) is -0.0678. The minimum Gasteiger partial charge on any atom is -0.471 e. The van der Waals surface area contributed by atoms with Gasteiger partial charge in [0.2, 0.25) is 17.7 Å².